The van der Waals surface area contributed by atoms with Gasteiger partial charge in [-0.25, -0.2) is 9.37 Å². The maximum atomic E-state index is 13.0. The van der Waals surface area contributed by atoms with E-state index in [1.807, 2.05) is 13.0 Å². The molecular formula is C17H14FN3O2S. The molecule has 0 saturated carbocycles. The second-order valence-electron chi connectivity index (χ2n) is 5.22. The molecule has 0 spiro atoms. The number of hydrogen-bond acceptors (Lipinski definition) is 4. The number of nitro benzene ring substituents is 1. The van der Waals surface area contributed by atoms with Gasteiger partial charge in [-0.15, -0.1) is 0 Å². The third-order valence-electron chi connectivity index (χ3n) is 3.55. The van der Waals surface area contributed by atoms with Crippen molar-refractivity contribution in [1.82, 2.24) is 9.97 Å². The fourth-order valence-electron chi connectivity index (χ4n) is 2.27. The van der Waals surface area contributed by atoms with Crippen molar-refractivity contribution in [3.8, 4) is 11.3 Å². The van der Waals surface area contributed by atoms with Gasteiger partial charge in [-0.1, -0.05) is 23.9 Å². The molecule has 0 saturated heterocycles. The van der Waals surface area contributed by atoms with Crippen molar-refractivity contribution in [3.63, 3.8) is 0 Å². The lowest BCUT2D eigenvalue weighted by Gasteiger charge is -2.09. The molecule has 24 heavy (non-hydrogen) atoms. The fraction of sp³-hybridized carbons (Fsp3) is 0.118. The molecule has 3 aromatic rings. The molecule has 1 aromatic heterocycles. The zero-order valence-corrected chi connectivity index (χ0v) is 13.6. The number of halogens is 1. The van der Waals surface area contributed by atoms with Crippen LogP contribution in [0.4, 0.5) is 10.1 Å². The van der Waals surface area contributed by atoms with E-state index < -0.39 is 4.92 Å². The number of benzene rings is 2. The third kappa shape index (κ3) is 3.62. The van der Waals surface area contributed by atoms with Crippen LogP contribution in [0.3, 0.4) is 0 Å². The Hall–Kier alpha value is -2.67. The van der Waals surface area contributed by atoms with Crippen molar-refractivity contribution in [2.24, 2.45) is 0 Å². The Labute approximate surface area is 142 Å². The van der Waals surface area contributed by atoms with Gasteiger partial charge >= 0.3 is 0 Å². The van der Waals surface area contributed by atoms with Crippen LogP contribution < -0.4 is 0 Å². The predicted octanol–water partition coefficient (Wildman–Crippen LogP) is 4.98. The van der Waals surface area contributed by atoms with E-state index in [0.717, 1.165) is 16.8 Å². The summed E-state index contributed by atoms with van der Waals surface area (Å²) in [5, 5.41) is 11.6. The van der Waals surface area contributed by atoms with Crippen LogP contribution in [0.25, 0.3) is 11.3 Å². The van der Waals surface area contributed by atoms with Gasteiger partial charge in [0.05, 0.1) is 16.8 Å². The van der Waals surface area contributed by atoms with Crippen LogP contribution in [-0.2, 0) is 0 Å². The Kier molecular flexibility index (Phi) is 4.61. The molecule has 5 nitrogen and oxygen atoms in total. The molecule has 1 heterocycles. The van der Waals surface area contributed by atoms with Crippen molar-refractivity contribution in [2.45, 2.75) is 17.3 Å². The summed E-state index contributed by atoms with van der Waals surface area (Å²) >= 11 is 1.47. The summed E-state index contributed by atoms with van der Waals surface area (Å²) in [7, 11) is 0. The van der Waals surface area contributed by atoms with Crippen LogP contribution in [0.5, 0.6) is 0 Å². The first-order valence-electron chi connectivity index (χ1n) is 7.25. The number of imidazole rings is 1. The summed E-state index contributed by atoms with van der Waals surface area (Å²) in [6.45, 7) is 1.96. The summed E-state index contributed by atoms with van der Waals surface area (Å²) in [5.41, 5.74) is 2.57. The maximum absolute atomic E-state index is 13.0. The standard InChI is InChI=1S/C17H14FN3O2S/c1-11(13-3-2-4-15(9-13)21(22)23)24-17-19-10-16(20-17)12-5-7-14(18)8-6-12/h2-11H,1H3,(H,19,20). The highest BCUT2D eigenvalue weighted by Gasteiger charge is 2.14. The minimum Gasteiger partial charge on any atom is -0.333 e. The Bertz CT molecular complexity index is 864. The number of non-ortho nitro benzene ring substituents is 1. The number of rotatable bonds is 5. The molecule has 1 atom stereocenters. The van der Waals surface area contributed by atoms with Crippen molar-refractivity contribution >= 4 is 17.4 Å². The lowest BCUT2D eigenvalue weighted by Crippen LogP contribution is -1.93. The number of nitrogens with zero attached hydrogens (tertiary/aromatic N) is 2. The summed E-state index contributed by atoms with van der Waals surface area (Å²) in [4.78, 5) is 18.0. The minimum atomic E-state index is -0.402. The Morgan fingerprint density at radius 2 is 2.00 bits per heavy atom. The topological polar surface area (TPSA) is 71.8 Å². The molecule has 0 bridgehead atoms. The fourth-order valence-corrected chi connectivity index (χ4v) is 3.17. The first kappa shape index (κ1) is 16.2. The number of nitro groups is 1. The zero-order valence-electron chi connectivity index (χ0n) is 12.8. The van der Waals surface area contributed by atoms with Gasteiger partial charge in [0.2, 0.25) is 0 Å². The highest BCUT2D eigenvalue weighted by atomic mass is 32.2. The molecule has 0 aliphatic rings. The van der Waals surface area contributed by atoms with Gasteiger partial charge in [0.15, 0.2) is 5.16 Å². The largest absolute Gasteiger partial charge is 0.333 e. The molecule has 7 heteroatoms. The summed E-state index contributed by atoms with van der Waals surface area (Å²) in [6, 6.07) is 12.7. The molecule has 0 radical (unpaired) electrons. The molecule has 1 N–H and O–H groups in total. The number of aromatic amines is 1. The van der Waals surface area contributed by atoms with Crippen LogP contribution in [0, 0.1) is 15.9 Å². The summed E-state index contributed by atoms with van der Waals surface area (Å²) < 4.78 is 13.0. The number of thioether (sulfide) groups is 1. The van der Waals surface area contributed by atoms with Gasteiger partial charge in [-0.2, -0.15) is 0 Å². The molecule has 0 amide bonds. The highest BCUT2D eigenvalue weighted by molar-refractivity contribution is 7.99. The average molecular weight is 343 g/mol. The normalized spacial score (nSPS) is 12.1. The summed E-state index contributed by atoms with van der Waals surface area (Å²) in [6.07, 6.45) is 1.69. The van der Waals surface area contributed by atoms with Crippen LogP contribution in [0.15, 0.2) is 59.9 Å². The molecule has 2 aromatic carbocycles. The molecular weight excluding hydrogens is 329 g/mol. The van der Waals surface area contributed by atoms with Gasteiger partial charge in [0.25, 0.3) is 5.69 Å². The van der Waals surface area contributed by atoms with Gasteiger partial charge in [0.1, 0.15) is 5.82 Å². The first-order chi connectivity index (χ1) is 11.5. The third-order valence-corrected chi connectivity index (χ3v) is 4.60. The van der Waals surface area contributed by atoms with Crippen molar-refractivity contribution in [3.05, 3.63) is 76.2 Å². The molecule has 0 aliphatic heterocycles. The maximum Gasteiger partial charge on any atom is 0.269 e. The van der Waals surface area contributed by atoms with E-state index in [-0.39, 0.29) is 16.8 Å². The Balaban J connectivity index is 1.75. The van der Waals surface area contributed by atoms with Crippen molar-refractivity contribution < 1.29 is 9.31 Å². The van der Waals surface area contributed by atoms with Crippen LogP contribution in [0.2, 0.25) is 0 Å². The molecule has 0 aliphatic carbocycles. The van der Waals surface area contributed by atoms with Crippen LogP contribution in [0.1, 0.15) is 17.7 Å². The monoisotopic (exact) mass is 343 g/mol. The molecule has 122 valence electrons. The second-order valence-corrected chi connectivity index (χ2v) is 6.55. The molecule has 0 fully saturated rings. The molecule has 3 rings (SSSR count). The van der Waals surface area contributed by atoms with E-state index in [9.17, 15) is 14.5 Å². The first-order valence-corrected chi connectivity index (χ1v) is 8.13. The molecule has 1 unspecified atom stereocenters. The van der Waals surface area contributed by atoms with E-state index in [4.69, 9.17) is 0 Å². The van der Waals surface area contributed by atoms with E-state index in [1.165, 1.54) is 30.0 Å². The Morgan fingerprint density at radius 1 is 1.25 bits per heavy atom. The van der Waals surface area contributed by atoms with E-state index in [2.05, 4.69) is 9.97 Å². The summed E-state index contributed by atoms with van der Waals surface area (Å²) in [5.74, 6) is -0.285. The quantitative estimate of drug-likeness (QED) is 0.403. The van der Waals surface area contributed by atoms with Crippen molar-refractivity contribution in [1.29, 1.82) is 0 Å². The minimum absolute atomic E-state index is 0.00267. The van der Waals surface area contributed by atoms with E-state index in [1.54, 1.807) is 30.5 Å². The average Bonchev–Trinajstić information content (AvgIpc) is 3.04. The van der Waals surface area contributed by atoms with Crippen LogP contribution in [-0.4, -0.2) is 14.9 Å². The van der Waals surface area contributed by atoms with Gasteiger partial charge < -0.3 is 4.98 Å². The van der Waals surface area contributed by atoms with Gasteiger partial charge in [0, 0.05) is 17.4 Å². The smallest absolute Gasteiger partial charge is 0.269 e. The van der Waals surface area contributed by atoms with Gasteiger partial charge in [-0.05, 0) is 42.3 Å². The lowest BCUT2D eigenvalue weighted by molar-refractivity contribution is -0.384. The number of hydrogen-bond donors (Lipinski definition) is 1. The van der Waals surface area contributed by atoms with E-state index in [0.29, 0.717) is 5.16 Å². The highest BCUT2D eigenvalue weighted by Crippen LogP contribution is 2.35. The second kappa shape index (κ2) is 6.84. The van der Waals surface area contributed by atoms with E-state index >= 15 is 0 Å². The zero-order chi connectivity index (χ0) is 17.1. The number of aromatic nitrogens is 2. The van der Waals surface area contributed by atoms with Gasteiger partial charge in [-0.3, -0.25) is 10.1 Å². The number of nitrogens with one attached hydrogen (secondary N) is 1. The number of H-pyrrole nitrogens is 1. The SMILES string of the molecule is CC(Sc1ncc(-c2ccc(F)cc2)[nH]1)c1cccc([N+](=O)[O-])c1. The van der Waals surface area contributed by atoms with Crippen molar-refractivity contribution in [2.75, 3.05) is 0 Å². The van der Waals surface area contributed by atoms with Crippen LogP contribution >= 0.6 is 11.8 Å². The lowest BCUT2D eigenvalue weighted by atomic mass is 10.1. The predicted molar refractivity (Wildman–Crippen MR) is 91.4 cm³/mol. The Morgan fingerprint density at radius 3 is 2.71 bits per heavy atom.